The second kappa shape index (κ2) is 7.41. The molecule has 170 valence electrons. The van der Waals surface area contributed by atoms with E-state index in [4.69, 9.17) is 14.5 Å². The summed E-state index contributed by atoms with van der Waals surface area (Å²) in [5.74, 6) is -1.09. The monoisotopic (exact) mass is 450 g/mol. The predicted octanol–water partition coefficient (Wildman–Crippen LogP) is 1.89. The quantitative estimate of drug-likeness (QED) is 0.451. The molecule has 2 aliphatic rings. The van der Waals surface area contributed by atoms with Crippen LogP contribution in [0.5, 0.6) is 5.75 Å². The molecule has 0 spiro atoms. The number of methoxy groups -OCH3 is 1. The van der Waals surface area contributed by atoms with Gasteiger partial charge in [-0.15, -0.1) is 0 Å². The Morgan fingerprint density at radius 1 is 1.30 bits per heavy atom. The zero-order valence-electron chi connectivity index (χ0n) is 18.2. The smallest absolute Gasteiger partial charge is 0.343 e. The number of hydrogen-bond acceptors (Lipinski definition) is 8. The van der Waals surface area contributed by atoms with E-state index in [1.807, 2.05) is 6.07 Å². The molecule has 33 heavy (non-hydrogen) atoms. The molecule has 2 N–H and O–H groups in total. The van der Waals surface area contributed by atoms with Crippen LogP contribution in [0.4, 0.5) is 0 Å². The highest BCUT2D eigenvalue weighted by Gasteiger charge is 2.45. The van der Waals surface area contributed by atoms with Crippen molar-refractivity contribution in [2.45, 2.75) is 44.9 Å². The number of hydrogen-bond donors (Lipinski definition) is 2. The van der Waals surface area contributed by atoms with Gasteiger partial charge in [-0.2, -0.15) is 0 Å². The van der Waals surface area contributed by atoms with Crippen molar-refractivity contribution in [2.24, 2.45) is 0 Å². The fraction of sp³-hybridized carbons (Fsp3) is 0.333. The first kappa shape index (κ1) is 21.1. The van der Waals surface area contributed by atoms with Crippen LogP contribution in [0.25, 0.3) is 22.3 Å². The lowest BCUT2D eigenvalue weighted by molar-refractivity contribution is -0.172. The van der Waals surface area contributed by atoms with Crippen LogP contribution in [0.1, 0.15) is 42.0 Å². The van der Waals surface area contributed by atoms with Crippen molar-refractivity contribution in [3.8, 4) is 17.1 Å². The van der Waals surface area contributed by atoms with Gasteiger partial charge in [0.15, 0.2) is 5.60 Å². The number of esters is 2. The van der Waals surface area contributed by atoms with Crippen LogP contribution in [0.2, 0.25) is 0 Å². The van der Waals surface area contributed by atoms with Gasteiger partial charge in [-0.1, -0.05) is 6.92 Å². The van der Waals surface area contributed by atoms with Crippen LogP contribution in [0.3, 0.4) is 0 Å². The standard InChI is InChI=1S/C24H22N2O7/c1-3-24(31)16-9-18-21-12(10-26(18)22(29)15(16)11-33-23(24)30)8-14-13(4-7-20(28)32-2)19(27)6-5-17(14)25-21/h5-6,8-9,27,31H,3-4,7,10-11H2,1-2H3/t24-/m0/s1. The zero-order valence-corrected chi connectivity index (χ0v) is 18.2. The molecule has 0 saturated heterocycles. The summed E-state index contributed by atoms with van der Waals surface area (Å²) in [6.07, 6.45) is 0.458. The lowest BCUT2D eigenvalue weighted by Crippen LogP contribution is -2.44. The molecule has 1 aromatic carbocycles. The van der Waals surface area contributed by atoms with E-state index in [9.17, 15) is 24.6 Å². The van der Waals surface area contributed by atoms with Gasteiger partial charge >= 0.3 is 11.9 Å². The summed E-state index contributed by atoms with van der Waals surface area (Å²) >= 11 is 0. The highest BCUT2D eigenvalue weighted by molar-refractivity contribution is 5.89. The van der Waals surface area contributed by atoms with Crippen LogP contribution in [-0.4, -0.2) is 38.8 Å². The molecule has 0 bridgehead atoms. The van der Waals surface area contributed by atoms with E-state index < -0.39 is 11.6 Å². The zero-order chi connectivity index (χ0) is 23.5. The molecule has 0 amide bonds. The highest BCUT2D eigenvalue weighted by atomic mass is 16.6. The van der Waals surface area contributed by atoms with E-state index in [-0.39, 0.29) is 60.8 Å². The number of aromatic hydroxyl groups is 1. The molecule has 2 aliphatic heterocycles. The number of carbonyl (C=O) groups excluding carboxylic acids is 2. The minimum Gasteiger partial charge on any atom is -0.508 e. The number of aromatic nitrogens is 2. The molecule has 1 atom stereocenters. The number of rotatable bonds is 4. The number of benzene rings is 1. The Labute approximate surface area is 188 Å². The number of nitrogens with zero attached hydrogens (tertiary/aromatic N) is 2. The number of fused-ring (bicyclic) bond motifs is 5. The Morgan fingerprint density at radius 2 is 2.09 bits per heavy atom. The summed E-state index contributed by atoms with van der Waals surface area (Å²) in [6, 6.07) is 6.72. The van der Waals surface area contributed by atoms with Gasteiger partial charge in [0.25, 0.3) is 5.56 Å². The molecular formula is C24H22N2O7. The van der Waals surface area contributed by atoms with Gasteiger partial charge in [-0.05, 0) is 37.1 Å². The van der Waals surface area contributed by atoms with Crippen LogP contribution < -0.4 is 5.56 Å². The molecule has 3 aromatic rings. The number of aliphatic hydroxyl groups is 1. The van der Waals surface area contributed by atoms with Crippen molar-refractivity contribution in [1.29, 1.82) is 0 Å². The summed E-state index contributed by atoms with van der Waals surface area (Å²) in [6.45, 7) is 1.72. The third kappa shape index (κ3) is 3.03. The molecule has 2 aromatic heterocycles. The summed E-state index contributed by atoms with van der Waals surface area (Å²) < 4.78 is 11.4. The van der Waals surface area contributed by atoms with E-state index in [2.05, 4.69) is 0 Å². The maximum absolute atomic E-state index is 13.3. The Kier molecular flexibility index (Phi) is 4.75. The average molecular weight is 450 g/mol. The summed E-state index contributed by atoms with van der Waals surface area (Å²) in [5, 5.41) is 22.1. The predicted molar refractivity (Wildman–Crippen MR) is 117 cm³/mol. The number of aryl methyl sites for hydroxylation is 1. The van der Waals surface area contributed by atoms with E-state index in [0.717, 1.165) is 5.56 Å². The largest absolute Gasteiger partial charge is 0.508 e. The van der Waals surface area contributed by atoms with Crippen LogP contribution >= 0.6 is 0 Å². The first-order valence-electron chi connectivity index (χ1n) is 10.7. The molecule has 9 heteroatoms. The van der Waals surface area contributed by atoms with Crippen molar-refractivity contribution in [2.75, 3.05) is 7.11 Å². The van der Waals surface area contributed by atoms with Gasteiger partial charge in [0.05, 0.1) is 36.1 Å². The Morgan fingerprint density at radius 3 is 2.82 bits per heavy atom. The normalized spacial score (nSPS) is 18.5. The van der Waals surface area contributed by atoms with E-state index in [0.29, 0.717) is 27.9 Å². The van der Waals surface area contributed by atoms with Crippen molar-refractivity contribution in [1.82, 2.24) is 9.55 Å². The number of carbonyl (C=O) groups is 2. The van der Waals surface area contributed by atoms with Crippen molar-refractivity contribution >= 4 is 22.8 Å². The van der Waals surface area contributed by atoms with E-state index in [1.54, 1.807) is 23.6 Å². The number of phenolic OH excluding ortho intramolecular Hbond substituents is 1. The fourth-order valence-corrected chi connectivity index (χ4v) is 4.69. The van der Waals surface area contributed by atoms with Crippen LogP contribution in [-0.2, 0) is 44.2 Å². The molecular weight excluding hydrogens is 428 g/mol. The topological polar surface area (TPSA) is 128 Å². The van der Waals surface area contributed by atoms with Crippen molar-refractivity contribution in [3.05, 3.63) is 56.9 Å². The third-order valence-electron chi connectivity index (χ3n) is 6.59. The number of pyridine rings is 2. The lowest BCUT2D eigenvalue weighted by atomic mass is 9.86. The van der Waals surface area contributed by atoms with Crippen LogP contribution in [0.15, 0.2) is 29.1 Å². The molecule has 0 radical (unpaired) electrons. The molecule has 5 rings (SSSR count). The third-order valence-corrected chi connectivity index (χ3v) is 6.59. The number of ether oxygens (including phenoxy) is 2. The second-order valence-corrected chi connectivity index (χ2v) is 8.31. The van der Waals surface area contributed by atoms with Gasteiger partial charge in [-0.25, -0.2) is 9.78 Å². The maximum Gasteiger partial charge on any atom is 0.343 e. The first-order chi connectivity index (χ1) is 15.8. The SMILES string of the molecule is CC[C@@]1(O)C(=O)OCc2c1cc1n(c2=O)Cc2cc3c(CCC(=O)OC)c(O)ccc3nc2-1. The molecule has 0 saturated carbocycles. The minimum atomic E-state index is -1.88. The summed E-state index contributed by atoms with van der Waals surface area (Å²) in [7, 11) is 1.31. The lowest BCUT2D eigenvalue weighted by Gasteiger charge is -2.31. The molecule has 0 unspecified atom stereocenters. The highest BCUT2D eigenvalue weighted by Crippen LogP contribution is 2.39. The van der Waals surface area contributed by atoms with Gasteiger partial charge in [0, 0.05) is 28.5 Å². The van der Waals surface area contributed by atoms with Gasteiger partial charge in [-0.3, -0.25) is 9.59 Å². The molecule has 9 nitrogen and oxygen atoms in total. The summed E-state index contributed by atoms with van der Waals surface area (Å²) in [5.41, 5.74) is 1.33. The van der Waals surface area contributed by atoms with Gasteiger partial charge < -0.3 is 24.3 Å². The van der Waals surface area contributed by atoms with E-state index in [1.165, 1.54) is 13.2 Å². The fourth-order valence-electron chi connectivity index (χ4n) is 4.69. The number of phenols is 1. The molecule has 0 fully saturated rings. The van der Waals surface area contributed by atoms with Crippen LogP contribution in [0, 0.1) is 0 Å². The Balaban J connectivity index is 1.68. The van der Waals surface area contributed by atoms with Gasteiger partial charge in [0.1, 0.15) is 12.4 Å². The molecule has 0 aliphatic carbocycles. The Bertz CT molecular complexity index is 1410. The Hall–Kier alpha value is -3.72. The van der Waals surface area contributed by atoms with Gasteiger partial charge in [0.2, 0.25) is 0 Å². The van der Waals surface area contributed by atoms with Crippen molar-refractivity contribution < 1.29 is 29.3 Å². The maximum atomic E-state index is 13.3. The first-order valence-corrected chi connectivity index (χ1v) is 10.7. The summed E-state index contributed by atoms with van der Waals surface area (Å²) in [4.78, 5) is 41.9. The molecule has 4 heterocycles. The minimum absolute atomic E-state index is 0.0555. The second-order valence-electron chi connectivity index (χ2n) is 8.31. The van der Waals surface area contributed by atoms with E-state index >= 15 is 0 Å². The number of cyclic esters (lactones) is 1. The average Bonchev–Trinajstić information content (AvgIpc) is 3.17. The van der Waals surface area contributed by atoms with Crippen molar-refractivity contribution in [3.63, 3.8) is 0 Å².